The summed E-state index contributed by atoms with van der Waals surface area (Å²) in [7, 11) is 0. The second kappa shape index (κ2) is 6.58. The normalized spacial score (nSPS) is 16.4. The van der Waals surface area contributed by atoms with E-state index < -0.39 is 0 Å². The Balaban J connectivity index is 3.38. The number of nitrogens with two attached hydrogens (primary N) is 1. The Kier molecular flexibility index (Phi) is 6.51. The molecule has 3 heteroatoms. The summed E-state index contributed by atoms with van der Waals surface area (Å²) < 4.78 is 0. The maximum absolute atomic E-state index is 11.1. The average molecular weight is 160 g/mol. The summed E-state index contributed by atoms with van der Waals surface area (Å²) in [5.74, 6) is 0. The van der Waals surface area contributed by atoms with Gasteiger partial charge in [-0.3, -0.25) is 5.73 Å². The summed E-state index contributed by atoms with van der Waals surface area (Å²) >= 11 is 0. The van der Waals surface area contributed by atoms with Gasteiger partial charge in [-0.25, -0.2) is 0 Å². The number of rotatable bonds is 6. The van der Waals surface area contributed by atoms with Crippen LogP contribution in [0.4, 0.5) is 0 Å². The molecule has 3 nitrogen and oxygen atoms in total. The Morgan fingerprint density at radius 3 is 2.45 bits per heavy atom. The van der Waals surface area contributed by atoms with Gasteiger partial charge in [0.1, 0.15) is 6.17 Å². The molecule has 0 aromatic heterocycles. The molecule has 0 spiro atoms. The van der Waals surface area contributed by atoms with Gasteiger partial charge in [-0.2, -0.15) is 0 Å². The summed E-state index contributed by atoms with van der Waals surface area (Å²) in [5.41, 5.74) is 5.64. The molecule has 2 unspecified atom stereocenters. The summed E-state index contributed by atoms with van der Waals surface area (Å²) in [6.45, 7) is 4.76. The van der Waals surface area contributed by atoms with Gasteiger partial charge >= 0.3 is 0 Å². The second-order valence-corrected chi connectivity index (χ2v) is 2.97. The van der Waals surface area contributed by atoms with Crippen LogP contribution >= 0.6 is 0 Å². The summed E-state index contributed by atoms with van der Waals surface area (Å²) in [6.07, 6.45) is 3.76. The SMILES string of the molecule is CCCCC(N)[NH+]([O-])CCC. The first kappa shape index (κ1) is 10.9. The van der Waals surface area contributed by atoms with Gasteiger partial charge in [0.2, 0.25) is 0 Å². The Bertz CT molecular complexity index is 88.2. The minimum absolute atomic E-state index is 0.199. The van der Waals surface area contributed by atoms with Crippen molar-refractivity contribution in [3.05, 3.63) is 5.21 Å². The molecule has 11 heavy (non-hydrogen) atoms. The smallest absolute Gasteiger partial charge is 0.138 e. The number of hydrogen-bond donors (Lipinski definition) is 2. The Labute approximate surface area is 69.1 Å². The van der Waals surface area contributed by atoms with E-state index in [1.165, 1.54) is 0 Å². The van der Waals surface area contributed by atoms with Crippen molar-refractivity contribution in [2.24, 2.45) is 5.73 Å². The van der Waals surface area contributed by atoms with Gasteiger partial charge in [0.05, 0.1) is 6.54 Å². The standard InChI is InChI=1S/C8H20N2O/c1-3-5-6-8(9)10(11)7-4-2/h8,10H,3-7,9H2,1-2H3. The van der Waals surface area contributed by atoms with Crippen LogP contribution in [0.3, 0.4) is 0 Å². The highest BCUT2D eigenvalue weighted by molar-refractivity contribution is 4.46. The van der Waals surface area contributed by atoms with Crippen molar-refractivity contribution in [2.45, 2.75) is 45.7 Å². The third kappa shape index (κ3) is 5.18. The van der Waals surface area contributed by atoms with Crippen LogP contribution in [0.5, 0.6) is 0 Å². The first-order valence-electron chi connectivity index (χ1n) is 4.50. The van der Waals surface area contributed by atoms with Crippen LogP contribution in [0.1, 0.15) is 39.5 Å². The Morgan fingerprint density at radius 2 is 2.00 bits per heavy atom. The predicted octanol–water partition coefficient (Wildman–Crippen LogP) is 0.254. The van der Waals surface area contributed by atoms with E-state index in [0.29, 0.717) is 6.54 Å². The lowest BCUT2D eigenvalue weighted by Crippen LogP contribution is -3.13. The number of nitrogens with one attached hydrogen (secondary N) is 1. The van der Waals surface area contributed by atoms with Gasteiger partial charge in [0.25, 0.3) is 0 Å². The zero-order valence-corrected chi connectivity index (χ0v) is 7.60. The Morgan fingerprint density at radius 1 is 1.36 bits per heavy atom. The fourth-order valence-electron chi connectivity index (χ4n) is 1.02. The summed E-state index contributed by atoms with van der Waals surface area (Å²) in [6, 6.07) is 0. The molecule has 0 aliphatic rings. The van der Waals surface area contributed by atoms with Crippen LogP contribution in [-0.2, 0) is 0 Å². The van der Waals surface area contributed by atoms with Crippen LogP contribution in [0, 0.1) is 5.21 Å². The van der Waals surface area contributed by atoms with E-state index in [1.54, 1.807) is 0 Å². The maximum Gasteiger partial charge on any atom is 0.138 e. The zero-order valence-electron chi connectivity index (χ0n) is 7.60. The number of hydrogen-bond acceptors (Lipinski definition) is 2. The quantitative estimate of drug-likeness (QED) is 0.432. The van der Waals surface area contributed by atoms with Crippen molar-refractivity contribution >= 4 is 0 Å². The third-order valence-electron chi connectivity index (χ3n) is 1.78. The highest BCUT2D eigenvalue weighted by Gasteiger charge is 2.06. The van der Waals surface area contributed by atoms with Crippen LogP contribution in [0.25, 0.3) is 0 Å². The molecule has 0 rings (SSSR count). The molecule has 68 valence electrons. The molecule has 0 aromatic rings. The third-order valence-corrected chi connectivity index (χ3v) is 1.78. The van der Waals surface area contributed by atoms with Gasteiger partial charge < -0.3 is 10.3 Å². The zero-order chi connectivity index (χ0) is 8.69. The number of quaternary nitrogens is 1. The molecule has 0 radical (unpaired) electrons. The molecule has 3 N–H and O–H groups in total. The molecule has 0 heterocycles. The van der Waals surface area contributed by atoms with E-state index in [9.17, 15) is 5.21 Å². The minimum atomic E-state index is -0.199. The van der Waals surface area contributed by atoms with Crippen LogP contribution in [0.2, 0.25) is 0 Å². The molecule has 0 amide bonds. The van der Waals surface area contributed by atoms with E-state index in [0.717, 1.165) is 25.7 Å². The Hall–Kier alpha value is -0.120. The molecule has 0 aliphatic heterocycles. The van der Waals surface area contributed by atoms with E-state index in [-0.39, 0.29) is 11.2 Å². The highest BCUT2D eigenvalue weighted by Crippen LogP contribution is 1.92. The topological polar surface area (TPSA) is 53.5 Å². The van der Waals surface area contributed by atoms with Gasteiger partial charge in [0.15, 0.2) is 0 Å². The van der Waals surface area contributed by atoms with Crippen LogP contribution < -0.4 is 10.8 Å². The molecule has 0 bridgehead atoms. The van der Waals surface area contributed by atoms with Crippen molar-refractivity contribution in [3.63, 3.8) is 0 Å². The van der Waals surface area contributed by atoms with E-state index in [1.807, 2.05) is 6.92 Å². The summed E-state index contributed by atoms with van der Waals surface area (Å²) in [4.78, 5) is 0. The van der Waals surface area contributed by atoms with E-state index in [2.05, 4.69) is 6.92 Å². The highest BCUT2D eigenvalue weighted by atomic mass is 16.5. The van der Waals surface area contributed by atoms with Crippen LogP contribution in [-0.4, -0.2) is 12.7 Å². The lowest BCUT2D eigenvalue weighted by atomic mass is 10.2. The second-order valence-electron chi connectivity index (χ2n) is 2.97. The van der Waals surface area contributed by atoms with Crippen molar-refractivity contribution in [2.75, 3.05) is 6.54 Å². The predicted molar refractivity (Wildman–Crippen MR) is 47.0 cm³/mol. The van der Waals surface area contributed by atoms with Crippen molar-refractivity contribution < 1.29 is 5.06 Å². The van der Waals surface area contributed by atoms with Crippen molar-refractivity contribution in [1.29, 1.82) is 0 Å². The van der Waals surface area contributed by atoms with Gasteiger partial charge in [-0.05, 0) is 12.8 Å². The lowest BCUT2D eigenvalue weighted by Gasteiger charge is -2.28. The molecular formula is C8H20N2O. The first-order chi connectivity index (χ1) is 5.22. The van der Waals surface area contributed by atoms with E-state index in [4.69, 9.17) is 5.73 Å². The molecule has 0 saturated carbocycles. The molecule has 0 aliphatic carbocycles. The fraction of sp³-hybridized carbons (Fsp3) is 1.00. The summed E-state index contributed by atoms with van der Waals surface area (Å²) in [5, 5.41) is 11.3. The largest absolute Gasteiger partial charge is 0.633 e. The van der Waals surface area contributed by atoms with Gasteiger partial charge in [0, 0.05) is 6.42 Å². The number of unbranched alkanes of at least 4 members (excludes halogenated alkanes) is 1. The van der Waals surface area contributed by atoms with Crippen LogP contribution in [0.15, 0.2) is 0 Å². The molecule has 0 saturated heterocycles. The van der Waals surface area contributed by atoms with Gasteiger partial charge in [-0.1, -0.05) is 20.3 Å². The lowest BCUT2D eigenvalue weighted by molar-refractivity contribution is -0.875. The molecule has 2 atom stereocenters. The minimum Gasteiger partial charge on any atom is -0.633 e. The monoisotopic (exact) mass is 160 g/mol. The molecular weight excluding hydrogens is 140 g/mol. The molecule has 0 aromatic carbocycles. The average Bonchev–Trinajstić information content (AvgIpc) is 2.00. The maximum atomic E-state index is 11.1. The fourth-order valence-corrected chi connectivity index (χ4v) is 1.02. The molecule has 0 fully saturated rings. The van der Waals surface area contributed by atoms with Crippen molar-refractivity contribution in [1.82, 2.24) is 0 Å². The van der Waals surface area contributed by atoms with Crippen molar-refractivity contribution in [3.8, 4) is 0 Å². The van der Waals surface area contributed by atoms with Gasteiger partial charge in [-0.15, -0.1) is 0 Å². The van der Waals surface area contributed by atoms with E-state index >= 15 is 0 Å². The first-order valence-corrected chi connectivity index (χ1v) is 4.50. The number of hydroxylamine groups is 2.